The number of hydrogen-bond acceptors (Lipinski definition) is 5. The van der Waals surface area contributed by atoms with Gasteiger partial charge in [-0.05, 0) is 57.9 Å². The van der Waals surface area contributed by atoms with Crippen molar-refractivity contribution >= 4 is 38.5 Å². The topological polar surface area (TPSA) is 80.0 Å². The van der Waals surface area contributed by atoms with Crippen molar-refractivity contribution in [1.29, 1.82) is 0 Å². The number of rotatable bonds is 3. The largest absolute Gasteiger partial charge is 0.503 e. The predicted octanol–water partition coefficient (Wildman–Crippen LogP) is 5.02. The molecule has 1 aliphatic heterocycles. The smallest absolute Gasteiger partial charge is 0.295 e. The van der Waals surface area contributed by atoms with Crippen LogP contribution in [0.5, 0.6) is 11.5 Å². The molecule has 4 aromatic rings. The summed E-state index contributed by atoms with van der Waals surface area (Å²) in [6, 6.07) is 18.5. The molecule has 5 rings (SSSR count). The van der Waals surface area contributed by atoms with Crippen LogP contribution in [0.2, 0.25) is 0 Å². The Morgan fingerprint density at radius 1 is 1.03 bits per heavy atom. The van der Waals surface area contributed by atoms with Gasteiger partial charge in [0.15, 0.2) is 16.9 Å². The Labute approximate surface area is 185 Å². The SMILES string of the molecule is COc1cc(C2c3c(oc4ccccc4c3=O)C(=O)N2c2ccccc2)cc(Br)c1O. The highest BCUT2D eigenvalue weighted by Gasteiger charge is 2.44. The molecule has 0 radical (unpaired) electrons. The Hall–Kier alpha value is -3.58. The average molecular weight is 478 g/mol. The Morgan fingerprint density at radius 2 is 1.74 bits per heavy atom. The van der Waals surface area contributed by atoms with Gasteiger partial charge in [-0.1, -0.05) is 30.3 Å². The lowest BCUT2D eigenvalue weighted by Gasteiger charge is -2.26. The number of phenols is 1. The van der Waals surface area contributed by atoms with Crippen molar-refractivity contribution < 1.29 is 19.1 Å². The number of phenolic OH excluding ortho intramolecular Hbond substituents is 1. The van der Waals surface area contributed by atoms with E-state index in [9.17, 15) is 14.7 Å². The monoisotopic (exact) mass is 477 g/mol. The molecule has 1 aliphatic rings. The van der Waals surface area contributed by atoms with Gasteiger partial charge in [-0.15, -0.1) is 0 Å². The molecule has 0 aliphatic carbocycles. The molecule has 1 amide bonds. The van der Waals surface area contributed by atoms with Gasteiger partial charge in [0.2, 0.25) is 5.76 Å². The first-order valence-corrected chi connectivity index (χ1v) is 10.3. The molecule has 1 N–H and O–H groups in total. The summed E-state index contributed by atoms with van der Waals surface area (Å²) in [5, 5.41) is 10.7. The summed E-state index contributed by atoms with van der Waals surface area (Å²) in [5.74, 6) is -0.228. The Kier molecular flexibility index (Phi) is 4.55. The summed E-state index contributed by atoms with van der Waals surface area (Å²) in [5.41, 5.74) is 1.57. The van der Waals surface area contributed by atoms with Gasteiger partial charge >= 0.3 is 0 Å². The van der Waals surface area contributed by atoms with E-state index in [1.807, 2.05) is 18.2 Å². The van der Waals surface area contributed by atoms with E-state index in [1.54, 1.807) is 48.5 Å². The molecule has 0 saturated carbocycles. The number of nitrogens with zero attached hydrogens (tertiary/aromatic N) is 1. The minimum atomic E-state index is -0.753. The van der Waals surface area contributed by atoms with Crippen molar-refractivity contribution in [2.45, 2.75) is 6.04 Å². The lowest BCUT2D eigenvalue weighted by Crippen LogP contribution is -2.29. The van der Waals surface area contributed by atoms with Crippen LogP contribution in [-0.2, 0) is 0 Å². The Morgan fingerprint density at radius 3 is 2.48 bits per heavy atom. The molecule has 1 atom stereocenters. The van der Waals surface area contributed by atoms with Gasteiger partial charge in [-0.25, -0.2) is 0 Å². The van der Waals surface area contributed by atoms with Crippen molar-refractivity contribution in [3.8, 4) is 11.5 Å². The van der Waals surface area contributed by atoms with Crippen LogP contribution in [-0.4, -0.2) is 18.1 Å². The van der Waals surface area contributed by atoms with Crippen LogP contribution in [0.15, 0.2) is 80.4 Å². The van der Waals surface area contributed by atoms with Gasteiger partial charge in [-0.3, -0.25) is 14.5 Å². The molecule has 0 saturated heterocycles. The number of amides is 1. The molecule has 3 aromatic carbocycles. The van der Waals surface area contributed by atoms with Gasteiger partial charge < -0.3 is 14.3 Å². The van der Waals surface area contributed by atoms with Crippen molar-refractivity contribution in [3.05, 3.63) is 98.3 Å². The highest BCUT2D eigenvalue weighted by molar-refractivity contribution is 9.10. The molecule has 0 fully saturated rings. The number of ether oxygens (including phenoxy) is 1. The maximum Gasteiger partial charge on any atom is 0.295 e. The third-order valence-corrected chi connectivity index (χ3v) is 6.00. The first kappa shape index (κ1) is 19.4. The van der Waals surface area contributed by atoms with Crippen LogP contribution in [0.25, 0.3) is 11.0 Å². The lowest BCUT2D eigenvalue weighted by molar-refractivity contribution is 0.0971. The minimum Gasteiger partial charge on any atom is -0.503 e. The number of anilines is 1. The second-order valence-electron chi connectivity index (χ2n) is 7.14. The quantitative estimate of drug-likeness (QED) is 0.448. The molecule has 1 unspecified atom stereocenters. The normalized spacial score (nSPS) is 15.4. The number of carbonyl (C=O) groups excluding carboxylic acids is 1. The summed E-state index contributed by atoms with van der Waals surface area (Å²) < 4.78 is 11.6. The van der Waals surface area contributed by atoms with E-state index in [-0.39, 0.29) is 28.3 Å². The molecular formula is C24H16BrNO5. The van der Waals surface area contributed by atoms with E-state index in [0.29, 0.717) is 26.7 Å². The number of carbonyl (C=O) groups is 1. The zero-order chi connectivity index (χ0) is 21.7. The lowest BCUT2D eigenvalue weighted by atomic mass is 9.97. The molecule has 6 nitrogen and oxygen atoms in total. The summed E-state index contributed by atoms with van der Waals surface area (Å²) >= 11 is 3.34. The Balaban J connectivity index is 1.84. The van der Waals surface area contributed by atoms with Crippen LogP contribution in [0.3, 0.4) is 0 Å². The third kappa shape index (κ3) is 2.92. The maximum absolute atomic E-state index is 13.5. The van der Waals surface area contributed by atoms with Crippen molar-refractivity contribution in [1.82, 2.24) is 0 Å². The van der Waals surface area contributed by atoms with Gasteiger partial charge in [-0.2, -0.15) is 0 Å². The third-order valence-electron chi connectivity index (χ3n) is 5.40. The number of methoxy groups -OCH3 is 1. The number of halogens is 1. The number of aromatic hydroxyl groups is 1. The molecule has 2 heterocycles. The fraction of sp³-hybridized carbons (Fsp3) is 0.0833. The van der Waals surface area contributed by atoms with E-state index < -0.39 is 11.9 Å². The van der Waals surface area contributed by atoms with E-state index in [1.165, 1.54) is 12.0 Å². The van der Waals surface area contributed by atoms with Crippen LogP contribution in [0.4, 0.5) is 5.69 Å². The van der Waals surface area contributed by atoms with Crippen molar-refractivity contribution in [2.75, 3.05) is 12.0 Å². The van der Waals surface area contributed by atoms with E-state index in [0.717, 1.165) is 0 Å². The van der Waals surface area contributed by atoms with Gasteiger partial charge in [0.05, 0.1) is 28.6 Å². The van der Waals surface area contributed by atoms with E-state index >= 15 is 0 Å². The first-order valence-electron chi connectivity index (χ1n) is 9.52. The van der Waals surface area contributed by atoms with Crippen LogP contribution >= 0.6 is 15.9 Å². The summed E-state index contributed by atoms with van der Waals surface area (Å²) in [7, 11) is 1.44. The minimum absolute atomic E-state index is 0.0146. The number of fused-ring (bicyclic) bond motifs is 2. The molecular weight excluding hydrogens is 462 g/mol. The molecule has 7 heteroatoms. The van der Waals surface area contributed by atoms with Gasteiger partial charge in [0, 0.05) is 5.69 Å². The van der Waals surface area contributed by atoms with Crippen LogP contribution < -0.4 is 15.1 Å². The van der Waals surface area contributed by atoms with E-state index in [4.69, 9.17) is 9.15 Å². The zero-order valence-electron chi connectivity index (χ0n) is 16.3. The Bertz CT molecular complexity index is 1400. The molecule has 0 bridgehead atoms. The first-order chi connectivity index (χ1) is 15.0. The van der Waals surface area contributed by atoms with Gasteiger partial charge in [0.25, 0.3) is 5.91 Å². The highest BCUT2D eigenvalue weighted by atomic mass is 79.9. The van der Waals surface area contributed by atoms with E-state index in [2.05, 4.69) is 15.9 Å². The summed E-state index contributed by atoms with van der Waals surface area (Å²) in [4.78, 5) is 28.5. The summed E-state index contributed by atoms with van der Waals surface area (Å²) in [6.45, 7) is 0. The van der Waals surface area contributed by atoms with Crippen molar-refractivity contribution in [2.24, 2.45) is 0 Å². The maximum atomic E-state index is 13.5. The second-order valence-corrected chi connectivity index (χ2v) is 7.99. The standard InChI is InChI=1S/C24H16BrNO5/c1-30-18-12-13(11-16(25)22(18)28)20-19-21(27)15-9-5-6-10-17(15)31-23(19)24(29)26(20)14-7-3-2-4-8-14/h2-12,20,28H,1H3. The summed E-state index contributed by atoms with van der Waals surface area (Å²) in [6.07, 6.45) is 0. The number of hydrogen-bond donors (Lipinski definition) is 1. The number of benzene rings is 3. The molecule has 154 valence electrons. The van der Waals surface area contributed by atoms with Crippen LogP contribution in [0, 0.1) is 0 Å². The molecule has 31 heavy (non-hydrogen) atoms. The predicted molar refractivity (Wildman–Crippen MR) is 120 cm³/mol. The van der Waals surface area contributed by atoms with Gasteiger partial charge in [0.1, 0.15) is 5.58 Å². The number of para-hydroxylation sites is 2. The average Bonchev–Trinajstić information content (AvgIpc) is 3.09. The fourth-order valence-electron chi connectivity index (χ4n) is 4.00. The van der Waals surface area contributed by atoms with Crippen LogP contribution in [0.1, 0.15) is 27.7 Å². The van der Waals surface area contributed by atoms with Crippen molar-refractivity contribution in [3.63, 3.8) is 0 Å². The molecule has 0 spiro atoms. The highest BCUT2D eigenvalue weighted by Crippen LogP contribution is 2.45. The molecule has 1 aromatic heterocycles. The zero-order valence-corrected chi connectivity index (χ0v) is 17.9. The fourth-order valence-corrected chi connectivity index (χ4v) is 4.46. The second kappa shape index (κ2) is 7.28.